The molecular weight excluding hydrogens is 248 g/mol. The Kier molecular flexibility index (Phi) is 3.59. The lowest BCUT2D eigenvalue weighted by molar-refractivity contribution is 0.0763. The Morgan fingerprint density at radius 3 is 2.20 bits per heavy atom. The van der Waals surface area contributed by atoms with Crippen LogP contribution in [0.2, 0.25) is 0 Å². The van der Waals surface area contributed by atoms with Crippen LogP contribution in [0.5, 0.6) is 0 Å². The lowest BCUT2D eigenvalue weighted by atomic mass is 10.0. The number of rotatable bonds is 1. The number of amides is 1. The first-order valence-electron chi connectivity index (χ1n) is 7.33. The number of hydrogen-bond donors (Lipinski definition) is 1. The molecule has 0 saturated carbocycles. The molecule has 1 aliphatic heterocycles. The van der Waals surface area contributed by atoms with E-state index in [2.05, 4.69) is 0 Å². The van der Waals surface area contributed by atoms with Gasteiger partial charge in [0.2, 0.25) is 0 Å². The molecule has 3 nitrogen and oxygen atoms in total. The maximum Gasteiger partial charge on any atom is 0.255 e. The minimum absolute atomic E-state index is 0.0788. The van der Waals surface area contributed by atoms with Crippen LogP contribution in [-0.2, 0) is 0 Å². The summed E-state index contributed by atoms with van der Waals surface area (Å²) in [6, 6.07) is 11.8. The Bertz CT molecular complexity index is 628. The van der Waals surface area contributed by atoms with Crippen LogP contribution in [0.25, 0.3) is 10.8 Å². The molecule has 0 radical (unpaired) electrons. The average molecular weight is 268 g/mol. The predicted octanol–water partition coefficient (Wildman–Crippen LogP) is 3.44. The lowest BCUT2D eigenvalue weighted by Gasteiger charge is -2.21. The molecule has 0 spiro atoms. The molecule has 1 saturated heterocycles. The molecule has 0 aliphatic carbocycles. The van der Waals surface area contributed by atoms with Crippen LogP contribution in [0.4, 0.5) is 5.69 Å². The number of nitrogens with zero attached hydrogens (tertiary/aromatic N) is 1. The van der Waals surface area contributed by atoms with Crippen LogP contribution in [0.3, 0.4) is 0 Å². The van der Waals surface area contributed by atoms with Crippen molar-refractivity contribution in [2.45, 2.75) is 25.7 Å². The number of nitrogens with two attached hydrogens (primary N) is 1. The zero-order valence-electron chi connectivity index (χ0n) is 11.6. The van der Waals surface area contributed by atoms with E-state index >= 15 is 0 Å². The van der Waals surface area contributed by atoms with Gasteiger partial charge >= 0.3 is 0 Å². The monoisotopic (exact) mass is 268 g/mol. The third-order valence-electron chi connectivity index (χ3n) is 4.04. The first kappa shape index (κ1) is 13.0. The van der Waals surface area contributed by atoms with E-state index in [1.165, 1.54) is 12.8 Å². The van der Waals surface area contributed by atoms with Gasteiger partial charge < -0.3 is 10.6 Å². The third kappa shape index (κ3) is 2.48. The van der Waals surface area contributed by atoms with Gasteiger partial charge in [-0.2, -0.15) is 0 Å². The average Bonchev–Trinajstić information content (AvgIpc) is 2.75. The number of anilines is 1. The fourth-order valence-electron chi connectivity index (χ4n) is 2.89. The van der Waals surface area contributed by atoms with Gasteiger partial charge in [0, 0.05) is 18.8 Å². The van der Waals surface area contributed by atoms with E-state index in [1.807, 2.05) is 41.3 Å². The number of benzene rings is 2. The molecule has 0 unspecified atom stereocenters. The van der Waals surface area contributed by atoms with E-state index in [1.54, 1.807) is 0 Å². The van der Waals surface area contributed by atoms with Gasteiger partial charge in [-0.3, -0.25) is 4.79 Å². The molecule has 1 fully saturated rings. The second kappa shape index (κ2) is 5.53. The van der Waals surface area contributed by atoms with Crippen LogP contribution in [-0.4, -0.2) is 23.9 Å². The molecule has 0 atom stereocenters. The Morgan fingerprint density at radius 2 is 1.55 bits per heavy atom. The number of fused-ring (bicyclic) bond motifs is 1. The maximum absolute atomic E-state index is 12.7. The number of likely N-dealkylation sites (tertiary alicyclic amines) is 1. The van der Waals surface area contributed by atoms with E-state index in [4.69, 9.17) is 5.73 Å². The van der Waals surface area contributed by atoms with Crippen molar-refractivity contribution in [1.29, 1.82) is 0 Å². The number of nitrogen functional groups attached to an aromatic ring is 1. The first-order valence-corrected chi connectivity index (χ1v) is 7.33. The van der Waals surface area contributed by atoms with Gasteiger partial charge in [-0.25, -0.2) is 0 Å². The molecule has 2 aromatic carbocycles. The quantitative estimate of drug-likeness (QED) is 0.805. The van der Waals surface area contributed by atoms with Crippen molar-refractivity contribution in [3.63, 3.8) is 0 Å². The van der Waals surface area contributed by atoms with Crippen molar-refractivity contribution in [2.24, 2.45) is 0 Å². The molecule has 0 bridgehead atoms. The van der Waals surface area contributed by atoms with Crippen LogP contribution >= 0.6 is 0 Å². The van der Waals surface area contributed by atoms with Gasteiger partial charge in [0.05, 0.1) is 5.56 Å². The van der Waals surface area contributed by atoms with Gasteiger partial charge in [0.15, 0.2) is 0 Å². The maximum atomic E-state index is 12.7. The normalized spacial score (nSPS) is 16.1. The Morgan fingerprint density at radius 1 is 0.950 bits per heavy atom. The van der Waals surface area contributed by atoms with E-state index in [-0.39, 0.29) is 5.91 Å². The van der Waals surface area contributed by atoms with Crippen LogP contribution in [0, 0.1) is 0 Å². The predicted molar refractivity (Wildman–Crippen MR) is 82.7 cm³/mol. The molecule has 1 amide bonds. The summed E-state index contributed by atoms with van der Waals surface area (Å²) in [6.45, 7) is 1.70. The molecule has 1 heterocycles. The third-order valence-corrected chi connectivity index (χ3v) is 4.04. The number of carbonyl (C=O) groups is 1. The molecule has 104 valence electrons. The van der Waals surface area contributed by atoms with Gasteiger partial charge in [-0.1, -0.05) is 37.1 Å². The smallest absolute Gasteiger partial charge is 0.255 e. The highest BCUT2D eigenvalue weighted by Gasteiger charge is 2.19. The van der Waals surface area contributed by atoms with E-state index in [0.29, 0.717) is 11.3 Å². The summed E-state index contributed by atoms with van der Waals surface area (Å²) in [5.74, 6) is 0.0788. The highest BCUT2D eigenvalue weighted by atomic mass is 16.2. The van der Waals surface area contributed by atoms with Crippen molar-refractivity contribution in [1.82, 2.24) is 4.90 Å². The van der Waals surface area contributed by atoms with Crippen molar-refractivity contribution < 1.29 is 4.79 Å². The van der Waals surface area contributed by atoms with E-state index in [9.17, 15) is 4.79 Å². The summed E-state index contributed by atoms with van der Waals surface area (Å²) < 4.78 is 0. The minimum atomic E-state index is 0.0788. The molecule has 3 rings (SSSR count). The van der Waals surface area contributed by atoms with Crippen molar-refractivity contribution in [3.8, 4) is 0 Å². The highest BCUT2D eigenvalue weighted by Crippen LogP contribution is 2.24. The minimum Gasteiger partial charge on any atom is -0.398 e. The second-order valence-corrected chi connectivity index (χ2v) is 5.49. The summed E-state index contributed by atoms with van der Waals surface area (Å²) in [4.78, 5) is 14.6. The van der Waals surface area contributed by atoms with Crippen LogP contribution < -0.4 is 5.73 Å². The molecule has 20 heavy (non-hydrogen) atoms. The molecule has 3 heteroatoms. The van der Waals surface area contributed by atoms with Gasteiger partial charge in [0.1, 0.15) is 0 Å². The summed E-state index contributed by atoms with van der Waals surface area (Å²) >= 11 is 0. The van der Waals surface area contributed by atoms with Crippen molar-refractivity contribution in [2.75, 3.05) is 18.8 Å². The fourth-order valence-corrected chi connectivity index (χ4v) is 2.89. The Labute approximate surface area is 119 Å². The van der Waals surface area contributed by atoms with Crippen LogP contribution in [0.1, 0.15) is 36.0 Å². The Hall–Kier alpha value is -2.03. The largest absolute Gasteiger partial charge is 0.398 e. The summed E-state index contributed by atoms with van der Waals surface area (Å²) in [7, 11) is 0. The van der Waals surface area contributed by atoms with Gasteiger partial charge in [-0.15, -0.1) is 0 Å². The fraction of sp³-hybridized carbons (Fsp3) is 0.353. The van der Waals surface area contributed by atoms with Crippen LogP contribution in [0.15, 0.2) is 36.4 Å². The zero-order valence-corrected chi connectivity index (χ0v) is 11.6. The highest BCUT2D eigenvalue weighted by molar-refractivity contribution is 6.03. The standard InChI is InChI=1S/C17H20N2O/c18-16-12-14-8-4-3-7-13(14)11-15(16)17(20)19-9-5-1-2-6-10-19/h3-4,7-8,11-12H,1-2,5-6,9-10,18H2. The zero-order chi connectivity index (χ0) is 13.9. The number of hydrogen-bond acceptors (Lipinski definition) is 2. The van der Waals surface area contributed by atoms with Crippen molar-refractivity contribution >= 4 is 22.4 Å². The molecule has 0 aromatic heterocycles. The molecule has 1 aliphatic rings. The molecule has 2 aromatic rings. The summed E-state index contributed by atoms with van der Waals surface area (Å²) in [5.41, 5.74) is 7.31. The SMILES string of the molecule is Nc1cc2ccccc2cc1C(=O)N1CCCCCC1. The Balaban J connectivity index is 1.95. The summed E-state index contributed by atoms with van der Waals surface area (Å²) in [5, 5.41) is 2.15. The lowest BCUT2D eigenvalue weighted by Crippen LogP contribution is -2.32. The van der Waals surface area contributed by atoms with E-state index < -0.39 is 0 Å². The second-order valence-electron chi connectivity index (χ2n) is 5.49. The topological polar surface area (TPSA) is 46.3 Å². The molecular formula is C17H20N2O. The van der Waals surface area contributed by atoms with Gasteiger partial charge in [0.25, 0.3) is 5.91 Å². The van der Waals surface area contributed by atoms with E-state index in [0.717, 1.165) is 36.7 Å². The van der Waals surface area contributed by atoms with Crippen molar-refractivity contribution in [3.05, 3.63) is 42.0 Å². The first-order chi connectivity index (χ1) is 9.75. The van der Waals surface area contributed by atoms with Gasteiger partial charge in [-0.05, 0) is 35.7 Å². The summed E-state index contributed by atoms with van der Waals surface area (Å²) in [6.07, 6.45) is 4.63. The number of carbonyl (C=O) groups excluding carboxylic acids is 1. The molecule has 2 N–H and O–H groups in total.